The summed E-state index contributed by atoms with van der Waals surface area (Å²) in [4.78, 5) is 22.1. The van der Waals surface area contributed by atoms with Gasteiger partial charge in [-0.2, -0.15) is 0 Å². The molecule has 1 N–H and O–H groups in total. The Bertz CT molecular complexity index is 519. The lowest BCUT2D eigenvalue weighted by molar-refractivity contribution is 0.178. The van der Waals surface area contributed by atoms with Gasteiger partial charge in [-0.25, -0.2) is 14.8 Å². The number of rotatable bonds is 2. The maximum Gasteiger partial charge on any atom is 0.327 e. The highest BCUT2D eigenvalue weighted by atomic mass is 35.5. The molecule has 2 rings (SSSR count). The summed E-state index contributed by atoms with van der Waals surface area (Å²) in [7, 11) is 3.23. The van der Waals surface area contributed by atoms with Crippen LogP contribution in [0.15, 0.2) is 11.0 Å². The molecule has 15 heavy (non-hydrogen) atoms. The molecule has 0 aromatic carbocycles. The summed E-state index contributed by atoms with van der Waals surface area (Å²) in [5.74, 6) is 0.564. The molecule has 0 bridgehead atoms. The van der Waals surface area contributed by atoms with Gasteiger partial charge in [0, 0.05) is 14.2 Å². The average molecular weight is 231 g/mol. The smallest absolute Gasteiger partial charge is 0.327 e. The summed E-state index contributed by atoms with van der Waals surface area (Å²) in [6, 6.07) is 0. The van der Waals surface area contributed by atoms with Gasteiger partial charge in [-0.3, -0.25) is 4.57 Å². The van der Waals surface area contributed by atoms with Crippen LogP contribution in [0.1, 0.15) is 5.82 Å². The van der Waals surface area contributed by atoms with Crippen molar-refractivity contribution in [3.05, 3.63) is 22.5 Å². The second-order valence-corrected chi connectivity index (χ2v) is 2.95. The number of halogens is 1. The van der Waals surface area contributed by atoms with Gasteiger partial charge in [0.1, 0.15) is 12.1 Å². The summed E-state index contributed by atoms with van der Waals surface area (Å²) in [6.45, 7) is 0.343. The molecular formula is C8H11ClN4O2. The van der Waals surface area contributed by atoms with Gasteiger partial charge in [-0.15, -0.1) is 12.4 Å². The number of fused-ring (bicyclic) bond motifs is 1. The lowest BCUT2D eigenvalue weighted by Gasteiger charge is -1.97. The number of hydrogen-bond acceptors (Lipinski definition) is 4. The molecule has 2 aromatic heterocycles. The second kappa shape index (κ2) is 4.41. The monoisotopic (exact) mass is 230 g/mol. The van der Waals surface area contributed by atoms with E-state index in [1.165, 1.54) is 4.57 Å². The zero-order valence-electron chi connectivity index (χ0n) is 8.35. The van der Waals surface area contributed by atoms with Crippen molar-refractivity contribution in [2.75, 3.05) is 7.11 Å². The lowest BCUT2D eigenvalue weighted by atomic mass is 10.5. The molecule has 0 spiro atoms. The van der Waals surface area contributed by atoms with Crippen molar-refractivity contribution in [2.45, 2.75) is 6.61 Å². The van der Waals surface area contributed by atoms with Crippen molar-refractivity contribution in [1.82, 2.24) is 19.5 Å². The van der Waals surface area contributed by atoms with E-state index in [0.29, 0.717) is 23.6 Å². The number of hydrogen-bond donors (Lipinski definition) is 1. The molecule has 0 saturated heterocycles. The van der Waals surface area contributed by atoms with Crippen LogP contribution >= 0.6 is 12.4 Å². The molecule has 0 fully saturated rings. The molecule has 7 heteroatoms. The van der Waals surface area contributed by atoms with Crippen molar-refractivity contribution in [3.63, 3.8) is 0 Å². The summed E-state index contributed by atoms with van der Waals surface area (Å²) < 4.78 is 6.34. The third-order valence-electron chi connectivity index (χ3n) is 1.96. The average Bonchev–Trinajstić information content (AvgIpc) is 2.45. The number of nitrogens with one attached hydrogen (secondary N) is 1. The molecule has 2 aromatic rings. The zero-order valence-corrected chi connectivity index (χ0v) is 9.17. The van der Waals surface area contributed by atoms with Crippen molar-refractivity contribution >= 4 is 23.6 Å². The maximum absolute atomic E-state index is 11.2. The molecule has 0 aliphatic rings. The fourth-order valence-corrected chi connectivity index (χ4v) is 1.25. The quantitative estimate of drug-likeness (QED) is 0.801. The van der Waals surface area contributed by atoms with E-state index >= 15 is 0 Å². The van der Waals surface area contributed by atoms with Crippen LogP contribution in [0.2, 0.25) is 0 Å². The van der Waals surface area contributed by atoms with E-state index < -0.39 is 0 Å². The summed E-state index contributed by atoms with van der Waals surface area (Å²) in [6.07, 6.45) is 1.58. The fourth-order valence-electron chi connectivity index (χ4n) is 1.25. The molecule has 6 nitrogen and oxygen atoms in total. The first-order valence-corrected chi connectivity index (χ1v) is 4.12. The number of methoxy groups -OCH3 is 1. The van der Waals surface area contributed by atoms with Crippen LogP contribution in [0.5, 0.6) is 0 Å². The van der Waals surface area contributed by atoms with E-state index in [4.69, 9.17) is 4.74 Å². The minimum Gasteiger partial charge on any atom is -0.377 e. The number of aromatic nitrogens is 4. The fraction of sp³-hybridized carbons (Fsp3) is 0.375. The van der Waals surface area contributed by atoms with Gasteiger partial charge in [0.2, 0.25) is 0 Å². The van der Waals surface area contributed by atoms with Crippen LogP contribution in [0.4, 0.5) is 0 Å². The first kappa shape index (κ1) is 11.7. The molecule has 0 aliphatic heterocycles. The molecule has 0 radical (unpaired) electrons. The highest BCUT2D eigenvalue weighted by molar-refractivity contribution is 5.85. The van der Waals surface area contributed by atoms with E-state index in [0.717, 1.165) is 0 Å². The molecule has 0 saturated carbocycles. The molecule has 0 atom stereocenters. The number of aromatic amines is 1. The molecule has 0 aliphatic carbocycles. The standard InChI is InChI=1S/C8H10N4O2.ClH/c1-12-7-5(10-8(12)13)3-9-6(11-7)4-14-2;/h3H,4H2,1-2H3,(H,10,13);1H. The second-order valence-electron chi connectivity index (χ2n) is 2.95. The first-order valence-electron chi connectivity index (χ1n) is 4.12. The van der Waals surface area contributed by atoms with Gasteiger partial charge >= 0.3 is 5.69 Å². The van der Waals surface area contributed by atoms with E-state index in [9.17, 15) is 4.79 Å². The highest BCUT2D eigenvalue weighted by Gasteiger charge is 2.05. The summed E-state index contributed by atoms with van der Waals surface area (Å²) in [5.41, 5.74) is 1.04. The van der Waals surface area contributed by atoms with Crippen LogP contribution < -0.4 is 5.69 Å². The number of aryl methyl sites for hydroxylation is 1. The highest BCUT2D eigenvalue weighted by Crippen LogP contribution is 2.04. The van der Waals surface area contributed by atoms with E-state index in [-0.39, 0.29) is 18.1 Å². The van der Waals surface area contributed by atoms with Crippen LogP contribution in [-0.2, 0) is 18.4 Å². The maximum atomic E-state index is 11.2. The first-order chi connectivity index (χ1) is 6.72. The third-order valence-corrected chi connectivity index (χ3v) is 1.96. The van der Waals surface area contributed by atoms with Gasteiger partial charge in [0.05, 0.1) is 6.20 Å². The summed E-state index contributed by atoms with van der Waals surface area (Å²) in [5, 5.41) is 0. The topological polar surface area (TPSA) is 72.8 Å². The van der Waals surface area contributed by atoms with Crippen molar-refractivity contribution in [1.29, 1.82) is 0 Å². The van der Waals surface area contributed by atoms with Gasteiger partial charge in [0.25, 0.3) is 0 Å². The van der Waals surface area contributed by atoms with Crippen LogP contribution in [0.25, 0.3) is 11.2 Å². The van der Waals surface area contributed by atoms with Gasteiger partial charge < -0.3 is 9.72 Å². The Labute approximate surface area is 91.7 Å². The molecule has 2 heterocycles. The Morgan fingerprint density at radius 2 is 2.33 bits per heavy atom. The van der Waals surface area contributed by atoms with Gasteiger partial charge in [0.15, 0.2) is 11.5 Å². The van der Waals surface area contributed by atoms with Crippen LogP contribution in [-0.4, -0.2) is 26.6 Å². The molecule has 0 unspecified atom stereocenters. The molecule has 82 valence electrons. The predicted molar refractivity (Wildman–Crippen MR) is 57.1 cm³/mol. The van der Waals surface area contributed by atoms with Gasteiger partial charge in [-0.1, -0.05) is 0 Å². The van der Waals surface area contributed by atoms with Crippen molar-refractivity contribution < 1.29 is 4.74 Å². The predicted octanol–water partition coefficient (Wildman–Crippen LogP) is 0.225. The molecular weight excluding hydrogens is 220 g/mol. The molecule has 0 amide bonds. The Morgan fingerprint density at radius 3 is 3.00 bits per heavy atom. The van der Waals surface area contributed by atoms with E-state index in [1.54, 1.807) is 20.4 Å². The number of imidazole rings is 1. The van der Waals surface area contributed by atoms with Crippen LogP contribution in [0.3, 0.4) is 0 Å². The Morgan fingerprint density at radius 1 is 1.60 bits per heavy atom. The Balaban J connectivity index is 0.00000112. The van der Waals surface area contributed by atoms with Gasteiger partial charge in [-0.05, 0) is 0 Å². The minimum atomic E-state index is -0.191. The van der Waals surface area contributed by atoms with Crippen molar-refractivity contribution in [2.24, 2.45) is 7.05 Å². The SMILES string of the molecule is COCc1ncc2[nH]c(=O)n(C)c2n1.Cl. The number of nitrogens with zero attached hydrogens (tertiary/aromatic N) is 3. The van der Waals surface area contributed by atoms with Crippen molar-refractivity contribution in [3.8, 4) is 0 Å². The lowest BCUT2D eigenvalue weighted by Crippen LogP contribution is -2.12. The normalized spacial score (nSPS) is 10.3. The summed E-state index contributed by atoms with van der Waals surface area (Å²) >= 11 is 0. The van der Waals surface area contributed by atoms with Crippen LogP contribution in [0, 0.1) is 0 Å². The van der Waals surface area contributed by atoms with E-state index in [1.807, 2.05) is 0 Å². The minimum absolute atomic E-state index is 0. The Kier molecular flexibility index (Phi) is 3.43. The van der Waals surface area contributed by atoms with E-state index in [2.05, 4.69) is 15.0 Å². The largest absolute Gasteiger partial charge is 0.377 e. The Hall–Kier alpha value is -1.40. The zero-order chi connectivity index (χ0) is 10.1. The number of H-pyrrole nitrogens is 1. The number of ether oxygens (including phenoxy) is 1. The third kappa shape index (κ3) is 2.00.